The number of piperazine rings is 1. The number of aryl methyl sites for hydroxylation is 1. The van der Waals surface area contributed by atoms with Crippen LogP contribution in [0.3, 0.4) is 0 Å². The van der Waals surface area contributed by atoms with E-state index < -0.39 is 0 Å². The molecule has 0 N–H and O–H groups in total. The van der Waals surface area contributed by atoms with Gasteiger partial charge in [-0.1, -0.05) is 0 Å². The van der Waals surface area contributed by atoms with Crippen LogP contribution in [0.15, 0.2) is 42.5 Å². The van der Waals surface area contributed by atoms with E-state index >= 15 is 0 Å². The van der Waals surface area contributed by atoms with Gasteiger partial charge in [0.15, 0.2) is 0 Å². The number of benzene rings is 2. The Morgan fingerprint density at radius 3 is 1.96 bits per heavy atom. The highest BCUT2D eigenvalue weighted by molar-refractivity contribution is 5.96. The lowest BCUT2D eigenvalue weighted by molar-refractivity contribution is 0.0535. The zero-order valence-electron chi connectivity index (χ0n) is 15.6. The van der Waals surface area contributed by atoms with Gasteiger partial charge in [-0.2, -0.15) is 0 Å². The Balaban J connectivity index is 1.60. The molecule has 0 atom stereocenters. The third-order valence-electron chi connectivity index (χ3n) is 4.67. The molecule has 1 aliphatic rings. The third kappa shape index (κ3) is 4.27. The van der Waals surface area contributed by atoms with Crippen molar-refractivity contribution in [1.82, 2.24) is 9.80 Å². The Bertz CT molecular complexity index is 828. The van der Waals surface area contributed by atoms with E-state index in [0.29, 0.717) is 49.5 Å². The molecule has 5 nitrogen and oxygen atoms in total. The molecule has 2 aromatic rings. The van der Waals surface area contributed by atoms with Gasteiger partial charge in [-0.05, 0) is 61.9 Å². The van der Waals surface area contributed by atoms with Gasteiger partial charge in [0.2, 0.25) is 0 Å². The fourth-order valence-corrected chi connectivity index (χ4v) is 3.12. The van der Waals surface area contributed by atoms with Crippen molar-refractivity contribution in [3.63, 3.8) is 0 Å². The second-order valence-electron chi connectivity index (χ2n) is 6.51. The first-order valence-electron chi connectivity index (χ1n) is 9.07. The molecule has 1 fully saturated rings. The number of rotatable bonds is 4. The van der Waals surface area contributed by atoms with Crippen LogP contribution in [0.25, 0.3) is 0 Å². The van der Waals surface area contributed by atoms with Crippen LogP contribution in [-0.2, 0) is 0 Å². The van der Waals surface area contributed by atoms with Crippen molar-refractivity contribution in [1.29, 1.82) is 0 Å². The van der Waals surface area contributed by atoms with E-state index in [4.69, 9.17) is 4.74 Å². The van der Waals surface area contributed by atoms with Crippen LogP contribution in [-0.4, -0.2) is 54.4 Å². The first kappa shape index (κ1) is 18.9. The van der Waals surface area contributed by atoms with Crippen LogP contribution in [0.4, 0.5) is 4.39 Å². The van der Waals surface area contributed by atoms with Crippen molar-refractivity contribution in [2.45, 2.75) is 13.8 Å². The summed E-state index contributed by atoms with van der Waals surface area (Å²) < 4.78 is 18.8. The lowest BCUT2D eigenvalue weighted by atomic mass is 10.1. The Kier molecular flexibility index (Phi) is 5.74. The molecule has 27 heavy (non-hydrogen) atoms. The highest BCUT2D eigenvalue weighted by Crippen LogP contribution is 2.16. The zero-order chi connectivity index (χ0) is 19.4. The second-order valence-corrected chi connectivity index (χ2v) is 6.51. The number of nitrogens with zero attached hydrogens (tertiary/aromatic N) is 2. The van der Waals surface area contributed by atoms with Crippen molar-refractivity contribution in [2.75, 3.05) is 32.8 Å². The minimum absolute atomic E-state index is 0.0530. The van der Waals surface area contributed by atoms with Crippen molar-refractivity contribution >= 4 is 11.8 Å². The van der Waals surface area contributed by atoms with E-state index in [9.17, 15) is 14.0 Å². The number of carbonyl (C=O) groups excluding carboxylic acids is 2. The van der Waals surface area contributed by atoms with Crippen LogP contribution in [0.5, 0.6) is 5.75 Å². The third-order valence-corrected chi connectivity index (χ3v) is 4.67. The molecule has 1 aliphatic heterocycles. The van der Waals surface area contributed by atoms with Gasteiger partial charge in [-0.3, -0.25) is 9.59 Å². The van der Waals surface area contributed by atoms with Crippen molar-refractivity contribution in [2.24, 2.45) is 0 Å². The summed E-state index contributed by atoms with van der Waals surface area (Å²) in [6.07, 6.45) is 0. The van der Waals surface area contributed by atoms with Gasteiger partial charge in [0.05, 0.1) is 6.61 Å². The summed E-state index contributed by atoms with van der Waals surface area (Å²) in [4.78, 5) is 28.7. The SMILES string of the molecule is CCOc1ccc(C(=O)N2CCN(C(=O)c3ccc(F)c(C)c3)CC2)cc1. The molecule has 0 bridgehead atoms. The molecule has 0 unspecified atom stereocenters. The normalized spacial score (nSPS) is 14.2. The number of carbonyl (C=O) groups is 2. The summed E-state index contributed by atoms with van der Waals surface area (Å²) in [5.74, 6) is 0.227. The molecule has 142 valence electrons. The van der Waals surface area contributed by atoms with Gasteiger partial charge in [0.25, 0.3) is 11.8 Å². The molecule has 1 heterocycles. The van der Waals surface area contributed by atoms with Crippen LogP contribution in [0, 0.1) is 12.7 Å². The second kappa shape index (κ2) is 8.20. The number of halogens is 1. The predicted octanol–water partition coefficient (Wildman–Crippen LogP) is 3.13. The van der Waals surface area contributed by atoms with E-state index in [1.165, 1.54) is 12.1 Å². The average molecular weight is 370 g/mol. The molecule has 6 heteroatoms. The first-order valence-corrected chi connectivity index (χ1v) is 9.07. The van der Waals surface area contributed by atoms with Gasteiger partial charge in [0.1, 0.15) is 11.6 Å². The molecule has 2 amide bonds. The van der Waals surface area contributed by atoms with Gasteiger partial charge in [-0.25, -0.2) is 4.39 Å². The molecule has 3 rings (SSSR count). The molecular formula is C21H23FN2O3. The van der Waals surface area contributed by atoms with Crippen molar-refractivity contribution < 1.29 is 18.7 Å². The van der Waals surface area contributed by atoms with Gasteiger partial charge >= 0.3 is 0 Å². The summed E-state index contributed by atoms with van der Waals surface area (Å²) in [5, 5.41) is 0. The maximum Gasteiger partial charge on any atom is 0.253 e. The molecule has 0 aromatic heterocycles. The van der Waals surface area contributed by atoms with Crippen LogP contribution >= 0.6 is 0 Å². The van der Waals surface area contributed by atoms with E-state index in [2.05, 4.69) is 0 Å². The standard InChI is InChI=1S/C21H23FN2O3/c1-3-27-18-7-4-16(5-8-18)20(25)23-10-12-24(13-11-23)21(26)17-6-9-19(22)15(2)14-17/h4-9,14H,3,10-13H2,1-2H3. The fourth-order valence-electron chi connectivity index (χ4n) is 3.12. The lowest BCUT2D eigenvalue weighted by Gasteiger charge is -2.35. The van der Waals surface area contributed by atoms with E-state index in [1.54, 1.807) is 47.1 Å². The van der Waals surface area contributed by atoms with Gasteiger partial charge < -0.3 is 14.5 Å². The zero-order valence-corrected chi connectivity index (χ0v) is 15.6. The number of hydrogen-bond acceptors (Lipinski definition) is 3. The molecular weight excluding hydrogens is 347 g/mol. The largest absolute Gasteiger partial charge is 0.494 e. The monoisotopic (exact) mass is 370 g/mol. The van der Waals surface area contributed by atoms with Crippen LogP contribution < -0.4 is 4.74 Å². The topological polar surface area (TPSA) is 49.9 Å². The maximum atomic E-state index is 13.4. The maximum absolute atomic E-state index is 13.4. The quantitative estimate of drug-likeness (QED) is 0.831. The predicted molar refractivity (Wildman–Crippen MR) is 101 cm³/mol. The Morgan fingerprint density at radius 1 is 0.926 bits per heavy atom. The summed E-state index contributed by atoms with van der Waals surface area (Å²) in [5.41, 5.74) is 1.53. The molecule has 1 saturated heterocycles. The van der Waals surface area contributed by atoms with E-state index in [0.717, 1.165) is 5.75 Å². The number of hydrogen-bond donors (Lipinski definition) is 0. The fraction of sp³-hybridized carbons (Fsp3) is 0.333. The Morgan fingerprint density at radius 2 is 1.44 bits per heavy atom. The molecule has 0 aliphatic carbocycles. The summed E-state index contributed by atoms with van der Waals surface area (Å²) in [7, 11) is 0. The summed E-state index contributed by atoms with van der Waals surface area (Å²) in [6, 6.07) is 11.5. The highest BCUT2D eigenvalue weighted by Gasteiger charge is 2.25. The summed E-state index contributed by atoms with van der Waals surface area (Å²) >= 11 is 0. The van der Waals surface area contributed by atoms with Crippen molar-refractivity contribution in [3.8, 4) is 5.75 Å². The highest BCUT2D eigenvalue weighted by atomic mass is 19.1. The Hall–Kier alpha value is -2.89. The first-order chi connectivity index (χ1) is 13.0. The molecule has 0 radical (unpaired) electrons. The number of ether oxygens (including phenoxy) is 1. The minimum atomic E-state index is -0.322. The minimum Gasteiger partial charge on any atom is -0.494 e. The van der Waals surface area contributed by atoms with Gasteiger partial charge in [-0.15, -0.1) is 0 Å². The molecule has 0 saturated carbocycles. The number of amides is 2. The van der Waals surface area contributed by atoms with Crippen LogP contribution in [0.1, 0.15) is 33.2 Å². The Labute approximate surface area is 158 Å². The lowest BCUT2D eigenvalue weighted by Crippen LogP contribution is -2.50. The van der Waals surface area contributed by atoms with Crippen molar-refractivity contribution in [3.05, 3.63) is 65.0 Å². The molecule has 0 spiro atoms. The van der Waals surface area contributed by atoms with E-state index in [1.807, 2.05) is 6.92 Å². The smallest absolute Gasteiger partial charge is 0.253 e. The summed E-state index contributed by atoms with van der Waals surface area (Å²) in [6.45, 7) is 5.98. The average Bonchev–Trinajstić information content (AvgIpc) is 2.70. The molecule has 2 aromatic carbocycles. The van der Waals surface area contributed by atoms with Crippen LogP contribution in [0.2, 0.25) is 0 Å². The van der Waals surface area contributed by atoms with Gasteiger partial charge in [0, 0.05) is 37.3 Å². The van der Waals surface area contributed by atoms with E-state index in [-0.39, 0.29) is 17.6 Å².